The second kappa shape index (κ2) is 5.95. The number of amides is 1. The lowest BCUT2D eigenvalue weighted by molar-refractivity contribution is -0.142. The van der Waals surface area contributed by atoms with Crippen LogP contribution in [0.4, 0.5) is 18.9 Å². The molecule has 1 aromatic carbocycles. The van der Waals surface area contributed by atoms with E-state index < -0.39 is 18.6 Å². The van der Waals surface area contributed by atoms with Gasteiger partial charge in [-0.3, -0.25) is 9.48 Å². The van der Waals surface area contributed by atoms with E-state index in [0.717, 1.165) is 12.4 Å². The minimum absolute atomic E-state index is 0.118. The van der Waals surface area contributed by atoms with Crippen molar-refractivity contribution in [3.8, 4) is 0 Å². The Balaban J connectivity index is 2.11. The van der Waals surface area contributed by atoms with Crippen molar-refractivity contribution in [1.82, 2.24) is 9.78 Å². The lowest BCUT2D eigenvalue weighted by Gasteiger charge is -2.06. The monoisotopic (exact) mass is 337 g/mol. The third kappa shape index (κ3) is 4.37. The number of anilines is 1. The van der Waals surface area contributed by atoms with Crippen LogP contribution in [-0.2, 0) is 6.54 Å². The molecule has 1 amide bonds. The van der Waals surface area contributed by atoms with Crippen molar-refractivity contribution in [2.24, 2.45) is 0 Å². The van der Waals surface area contributed by atoms with E-state index >= 15 is 0 Å². The predicted octanol–water partition coefficient (Wildman–Crippen LogP) is 4.00. The van der Waals surface area contributed by atoms with Crippen LogP contribution < -0.4 is 5.32 Å². The second-order valence-corrected chi connectivity index (χ2v) is 4.96. The molecule has 1 heterocycles. The molecular weight excluding hydrogens is 330 g/mol. The van der Waals surface area contributed by atoms with Crippen molar-refractivity contribution in [2.45, 2.75) is 12.7 Å². The van der Waals surface area contributed by atoms with Gasteiger partial charge in [0.05, 0.1) is 22.5 Å². The van der Waals surface area contributed by atoms with Gasteiger partial charge in [0, 0.05) is 11.2 Å². The molecule has 2 aromatic rings. The summed E-state index contributed by atoms with van der Waals surface area (Å²) in [4.78, 5) is 12.0. The molecule has 0 fully saturated rings. The molecule has 0 saturated carbocycles. The highest BCUT2D eigenvalue weighted by molar-refractivity contribution is 6.36. The molecule has 4 nitrogen and oxygen atoms in total. The SMILES string of the molecule is O=C(Nc1cnn(CC(F)(F)F)c1)c1cc(Cl)ccc1Cl. The number of nitrogens with one attached hydrogen (secondary N) is 1. The molecule has 0 bridgehead atoms. The number of carbonyl (C=O) groups is 1. The van der Waals surface area contributed by atoms with E-state index in [9.17, 15) is 18.0 Å². The molecule has 0 spiro atoms. The molecule has 1 N–H and O–H groups in total. The number of hydrogen-bond donors (Lipinski definition) is 1. The highest BCUT2D eigenvalue weighted by Crippen LogP contribution is 2.22. The standard InChI is InChI=1S/C12H8Cl2F3N3O/c13-7-1-2-10(14)9(3-7)11(21)19-8-4-18-20(5-8)6-12(15,16)17/h1-5H,6H2,(H,19,21). The van der Waals surface area contributed by atoms with E-state index in [2.05, 4.69) is 10.4 Å². The molecule has 2 rings (SSSR count). The van der Waals surface area contributed by atoms with Crippen LogP contribution >= 0.6 is 23.2 Å². The highest BCUT2D eigenvalue weighted by atomic mass is 35.5. The van der Waals surface area contributed by atoms with Crippen LogP contribution in [0.1, 0.15) is 10.4 Å². The average molecular weight is 338 g/mol. The maximum atomic E-state index is 12.2. The molecule has 0 aliphatic rings. The van der Waals surface area contributed by atoms with Gasteiger partial charge in [0.25, 0.3) is 5.91 Å². The molecule has 0 radical (unpaired) electrons. The molecule has 1 aromatic heterocycles. The zero-order valence-electron chi connectivity index (χ0n) is 10.3. The van der Waals surface area contributed by atoms with Gasteiger partial charge in [-0.15, -0.1) is 0 Å². The van der Waals surface area contributed by atoms with E-state index in [1.807, 2.05) is 0 Å². The van der Waals surface area contributed by atoms with Crippen LogP contribution in [0, 0.1) is 0 Å². The lowest BCUT2D eigenvalue weighted by Crippen LogP contribution is -2.18. The fourth-order valence-electron chi connectivity index (χ4n) is 1.57. The zero-order valence-corrected chi connectivity index (χ0v) is 11.8. The topological polar surface area (TPSA) is 46.9 Å². The fraction of sp³-hybridized carbons (Fsp3) is 0.167. The van der Waals surface area contributed by atoms with Gasteiger partial charge >= 0.3 is 6.18 Å². The van der Waals surface area contributed by atoms with Gasteiger partial charge in [0.15, 0.2) is 0 Å². The van der Waals surface area contributed by atoms with Crippen molar-refractivity contribution >= 4 is 34.8 Å². The first kappa shape index (κ1) is 15.7. The van der Waals surface area contributed by atoms with Gasteiger partial charge in [0.1, 0.15) is 6.54 Å². The minimum Gasteiger partial charge on any atom is -0.319 e. The summed E-state index contributed by atoms with van der Waals surface area (Å²) in [7, 11) is 0. The van der Waals surface area contributed by atoms with Gasteiger partial charge in [-0.1, -0.05) is 23.2 Å². The summed E-state index contributed by atoms with van der Waals surface area (Å²) in [5.41, 5.74) is 0.244. The van der Waals surface area contributed by atoms with Crippen molar-refractivity contribution in [3.63, 3.8) is 0 Å². The van der Waals surface area contributed by atoms with Crippen LogP contribution in [-0.4, -0.2) is 21.9 Å². The number of hydrogen-bond acceptors (Lipinski definition) is 2. The molecule has 9 heteroatoms. The smallest absolute Gasteiger partial charge is 0.319 e. The Bertz CT molecular complexity index is 670. The quantitative estimate of drug-likeness (QED) is 0.919. The Labute approximate surface area is 127 Å². The maximum absolute atomic E-state index is 12.2. The molecule has 0 aliphatic heterocycles. The molecule has 0 atom stereocenters. The third-order valence-corrected chi connectivity index (χ3v) is 2.97. The number of alkyl halides is 3. The van der Waals surface area contributed by atoms with E-state index in [1.165, 1.54) is 18.2 Å². The predicted molar refractivity (Wildman–Crippen MR) is 72.7 cm³/mol. The Hall–Kier alpha value is -1.73. The minimum atomic E-state index is -4.39. The molecule has 0 unspecified atom stereocenters. The summed E-state index contributed by atoms with van der Waals surface area (Å²) >= 11 is 11.6. The molecule has 0 aliphatic carbocycles. The summed E-state index contributed by atoms with van der Waals surface area (Å²) in [6.07, 6.45) is -2.20. The van der Waals surface area contributed by atoms with E-state index in [0.29, 0.717) is 9.70 Å². The maximum Gasteiger partial charge on any atom is 0.408 e. The second-order valence-electron chi connectivity index (χ2n) is 4.12. The Morgan fingerprint density at radius 3 is 2.71 bits per heavy atom. The largest absolute Gasteiger partial charge is 0.408 e. The van der Waals surface area contributed by atoms with Crippen molar-refractivity contribution < 1.29 is 18.0 Å². The van der Waals surface area contributed by atoms with Crippen LogP contribution in [0.25, 0.3) is 0 Å². The molecule has 21 heavy (non-hydrogen) atoms. The number of nitrogens with zero attached hydrogens (tertiary/aromatic N) is 2. The number of aromatic nitrogens is 2. The molecular formula is C12H8Cl2F3N3O. The van der Waals surface area contributed by atoms with E-state index in [4.69, 9.17) is 23.2 Å². The number of halogens is 5. The summed E-state index contributed by atoms with van der Waals surface area (Å²) in [6.45, 7) is -1.24. The highest BCUT2D eigenvalue weighted by Gasteiger charge is 2.28. The zero-order chi connectivity index (χ0) is 15.6. The Kier molecular flexibility index (Phi) is 4.43. The van der Waals surface area contributed by atoms with Crippen LogP contribution in [0.2, 0.25) is 10.0 Å². The van der Waals surface area contributed by atoms with Gasteiger partial charge in [-0.25, -0.2) is 0 Å². The molecule has 0 saturated heterocycles. The number of rotatable bonds is 3. The van der Waals surface area contributed by atoms with Crippen molar-refractivity contribution in [3.05, 3.63) is 46.2 Å². The number of carbonyl (C=O) groups excluding carboxylic acids is 1. The van der Waals surface area contributed by atoms with Crippen molar-refractivity contribution in [2.75, 3.05) is 5.32 Å². The van der Waals surface area contributed by atoms with E-state index in [-0.39, 0.29) is 16.3 Å². The summed E-state index contributed by atoms with van der Waals surface area (Å²) in [6, 6.07) is 4.33. The third-order valence-electron chi connectivity index (χ3n) is 2.41. The fourth-order valence-corrected chi connectivity index (χ4v) is 1.94. The van der Waals surface area contributed by atoms with Gasteiger partial charge in [0.2, 0.25) is 0 Å². The lowest BCUT2D eigenvalue weighted by atomic mass is 10.2. The normalized spacial score (nSPS) is 11.5. The van der Waals surface area contributed by atoms with Gasteiger partial charge in [-0.05, 0) is 18.2 Å². The first-order valence-electron chi connectivity index (χ1n) is 5.60. The van der Waals surface area contributed by atoms with Gasteiger partial charge < -0.3 is 5.32 Å². The summed E-state index contributed by atoms with van der Waals surface area (Å²) in [5.74, 6) is -0.589. The van der Waals surface area contributed by atoms with Crippen LogP contribution in [0.3, 0.4) is 0 Å². The summed E-state index contributed by atoms with van der Waals surface area (Å²) in [5, 5.41) is 6.41. The number of benzene rings is 1. The van der Waals surface area contributed by atoms with Gasteiger partial charge in [-0.2, -0.15) is 18.3 Å². The summed E-state index contributed by atoms with van der Waals surface area (Å²) < 4.78 is 37.3. The van der Waals surface area contributed by atoms with Crippen molar-refractivity contribution in [1.29, 1.82) is 0 Å². The first-order valence-corrected chi connectivity index (χ1v) is 6.36. The average Bonchev–Trinajstić information content (AvgIpc) is 2.77. The Morgan fingerprint density at radius 2 is 2.05 bits per heavy atom. The molecule has 112 valence electrons. The van der Waals surface area contributed by atoms with Crippen LogP contribution in [0.5, 0.6) is 0 Å². The Morgan fingerprint density at radius 1 is 1.33 bits per heavy atom. The van der Waals surface area contributed by atoms with Crippen LogP contribution in [0.15, 0.2) is 30.6 Å². The van der Waals surface area contributed by atoms with E-state index in [1.54, 1.807) is 0 Å². The first-order chi connectivity index (χ1) is 9.74.